The van der Waals surface area contributed by atoms with Gasteiger partial charge in [0.1, 0.15) is 10.7 Å². The highest BCUT2D eigenvalue weighted by atomic mass is 32.1. The quantitative estimate of drug-likeness (QED) is 0.712. The number of imidazole rings is 1. The highest BCUT2D eigenvalue weighted by Gasteiger charge is 2.14. The van der Waals surface area contributed by atoms with Crippen LogP contribution in [0.25, 0.3) is 11.6 Å². The van der Waals surface area contributed by atoms with E-state index in [-0.39, 0.29) is 17.7 Å². The van der Waals surface area contributed by atoms with Gasteiger partial charge in [0.25, 0.3) is 11.5 Å². The molecule has 0 radical (unpaired) electrons. The number of aromatic amines is 1. The fourth-order valence-corrected chi connectivity index (χ4v) is 3.19. The van der Waals surface area contributed by atoms with E-state index in [1.165, 1.54) is 10.9 Å². The standard InChI is InChI=1S/C16H15N5O2S/c1-4-6-18-14(22)11(8-17)16-21(5-2)15(23)13(24-16)7-12-10(3)19-9-20-12/h1,7,9H,5-6H2,2-3H3,(H,18,22)(H,19,20). The van der Waals surface area contributed by atoms with Gasteiger partial charge in [-0.15, -0.1) is 17.8 Å². The number of aromatic nitrogens is 3. The van der Waals surface area contributed by atoms with Crippen LogP contribution in [0.1, 0.15) is 18.3 Å². The van der Waals surface area contributed by atoms with Crippen LogP contribution < -0.4 is 20.1 Å². The number of hydrogen-bond acceptors (Lipinski definition) is 5. The van der Waals surface area contributed by atoms with Crippen LogP contribution in [0, 0.1) is 30.6 Å². The van der Waals surface area contributed by atoms with E-state index in [4.69, 9.17) is 6.42 Å². The molecule has 2 aromatic rings. The number of aryl methyl sites for hydroxylation is 1. The van der Waals surface area contributed by atoms with Gasteiger partial charge in [-0.25, -0.2) is 4.98 Å². The Balaban J connectivity index is 2.73. The van der Waals surface area contributed by atoms with Crippen LogP contribution in [0.3, 0.4) is 0 Å². The fourth-order valence-electron chi connectivity index (χ4n) is 2.05. The second kappa shape index (κ2) is 7.44. The molecule has 2 N–H and O–H groups in total. The minimum atomic E-state index is -0.596. The van der Waals surface area contributed by atoms with E-state index in [0.29, 0.717) is 21.4 Å². The summed E-state index contributed by atoms with van der Waals surface area (Å²) < 4.78 is 2.10. The minimum Gasteiger partial charge on any atom is -0.348 e. The normalized spacial score (nSPS) is 12.4. The maximum absolute atomic E-state index is 12.5. The van der Waals surface area contributed by atoms with Crippen LogP contribution in [-0.2, 0) is 11.3 Å². The average molecular weight is 341 g/mol. The molecule has 7 nitrogen and oxygen atoms in total. The summed E-state index contributed by atoms with van der Waals surface area (Å²) in [4.78, 5) is 31.7. The number of rotatable bonds is 4. The Morgan fingerprint density at radius 3 is 2.92 bits per heavy atom. The second-order valence-corrected chi connectivity index (χ2v) is 5.78. The molecule has 0 aliphatic rings. The van der Waals surface area contributed by atoms with E-state index >= 15 is 0 Å². The molecule has 122 valence electrons. The monoisotopic (exact) mass is 341 g/mol. The lowest BCUT2D eigenvalue weighted by atomic mass is 10.3. The molecule has 8 heteroatoms. The maximum atomic E-state index is 12.5. The Morgan fingerprint density at radius 1 is 1.62 bits per heavy atom. The van der Waals surface area contributed by atoms with E-state index in [0.717, 1.165) is 17.0 Å². The van der Waals surface area contributed by atoms with Crippen molar-refractivity contribution in [2.45, 2.75) is 20.4 Å². The summed E-state index contributed by atoms with van der Waals surface area (Å²) >= 11 is 1.08. The van der Waals surface area contributed by atoms with Crippen molar-refractivity contribution < 1.29 is 4.79 Å². The zero-order valence-electron chi connectivity index (χ0n) is 13.2. The van der Waals surface area contributed by atoms with Gasteiger partial charge < -0.3 is 10.3 Å². The molecule has 2 rings (SSSR count). The van der Waals surface area contributed by atoms with Crippen molar-refractivity contribution in [3.8, 4) is 18.4 Å². The van der Waals surface area contributed by atoms with E-state index in [9.17, 15) is 14.9 Å². The number of nitrogens with zero attached hydrogens (tertiary/aromatic N) is 3. The molecule has 0 bridgehead atoms. The molecule has 0 saturated heterocycles. The highest BCUT2D eigenvalue weighted by Crippen LogP contribution is 2.00. The third-order valence-electron chi connectivity index (χ3n) is 3.26. The largest absolute Gasteiger partial charge is 0.348 e. The van der Waals surface area contributed by atoms with Crippen molar-refractivity contribution in [2.24, 2.45) is 0 Å². The summed E-state index contributed by atoms with van der Waals surface area (Å²) in [5.41, 5.74) is 1.06. The van der Waals surface area contributed by atoms with Crippen LogP contribution in [0.4, 0.5) is 0 Å². The number of thiazole rings is 1. The fraction of sp³-hybridized carbons (Fsp3) is 0.250. The topological polar surface area (TPSA) is 104 Å². The Kier molecular flexibility index (Phi) is 5.35. The lowest BCUT2D eigenvalue weighted by Crippen LogP contribution is -2.34. The first-order valence-corrected chi connectivity index (χ1v) is 7.92. The first-order valence-electron chi connectivity index (χ1n) is 7.10. The first kappa shape index (κ1) is 17.3. The van der Waals surface area contributed by atoms with Gasteiger partial charge in [0, 0.05) is 12.2 Å². The lowest BCUT2D eigenvalue weighted by molar-refractivity contribution is -0.115. The molecule has 24 heavy (non-hydrogen) atoms. The zero-order valence-corrected chi connectivity index (χ0v) is 14.0. The summed E-state index contributed by atoms with van der Waals surface area (Å²) in [7, 11) is 0. The molecule has 0 fully saturated rings. The van der Waals surface area contributed by atoms with Gasteiger partial charge >= 0.3 is 0 Å². The van der Waals surface area contributed by atoms with Gasteiger partial charge in [-0.2, -0.15) is 5.26 Å². The smallest absolute Gasteiger partial charge is 0.269 e. The van der Waals surface area contributed by atoms with Gasteiger partial charge in [-0.3, -0.25) is 14.2 Å². The number of carbonyl (C=O) groups is 1. The Morgan fingerprint density at radius 2 is 2.38 bits per heavy atom. The maximum Gasteiger partial charge on any atom is 0.269 e. The van der Waals surface area contributed by atoms with Crippen molar-refractivity contribution >= 4 is 28.9 Å². The Bertz CT molecular complexity index is 1030. The molecule has 0 aliphatic heterocycles. The zero-order chi connectivity index (χ0) is 17.7. The van der Waals surface area contributed by atoms with Gasteiger partial charge in [0.15, 0.2) is 5.57 Å². The molecular formula is C16H15N5O2S. The summed E-state index contributed by atoms with van der Waals surface area (Å²) in [5.74, 6) is 1.68. The van der Waals surface area contributed by atoms with Crippen molar-refractivity contribution in [1.82, 2.24) is 19.9 Å². The van der Waals surface area contributed by atoms with E-state index in [2.05, 4.69) is 21.2 Å². The first-order chi connectivity index (χ1) is 11.5. The third-order valence-corrected chi connectivity index (χ3v) is 4.39. The Hall–Kier alpha value is -3.10. The van der Waals surface area contributed by atoms with Crippen LogP contribution in [0.2, 0.25) is 0 Å². The second-order valence-electron chi connectivity index (χ2n) is 4.75. The van der Waals surface area contributed by atoms with E-state index in [1.807, 2.05) is 13.0 Å². The number of H-pyrrole nitrogens is 1. The SMILES string of the molecule is C#CCNC(=O)C(C#N)=c1sc(=Cc2nc[nH]c2C)c(=O)n1CC. The van der Waals surface area contributed by atoms with E-state index < -0.39 is 5.91 Å². The Labute approximate surface area is 142 Å². The number of nitrogens with one attached hydrogen (secondary N) is 2. The molecule has 0 spiro atoms. The predicted octanol–water partition coefficient (Wildman–Crippen LogP) is -0.786. The number of amides is 1. The lowest BCUT2D eigenvalue weighted by Gasteiger charge is -2.00. The van der Waals surface area contributed by atoms with Gasteiger partial charge in [0.2, 0.25) is 0 Å². The van der Waals surface area contributed by atoms with Gasteiger partial charge in [-0.1, -0.05) is 5.92 Å². The third kappa shape index (κ3) is 3.29. The van der Waals surface area contributed by atoms with Crippen LogP contribution in [-0.4, -0.2) is 27.0 Å². The molecule has 0 saturated carbocycles. The van der Waals surface area contributed by atoms with Crippen molar-refractivity contribution in [3.05, 3.63) is 37.3 Å². The average Bonchev–Trinajstić information content (AvgIpc) is 3.10. The molecule has 2 heterocycles. The summed E-state index contributed by atoms with van der Waals surface area (Å²) in [6, 6.07) is 1.86. The summed E-state index contributed by atoms with van der Waals surface area (Å²) in [5, 5.41) is 11.8. The number of carbonyl (C=O) groups excluding carboxylic acids is 1. The molecular weight excluding hydrogens is 326 g/mol. The molecule has 1 amide bonds. The van der Waals surface area contributed by atoms with Crippen LogP contribution in [0.15, 0.2) is 11.1 Å². The van der Waals surface area contributed by atoms with Crippen LogP contribution in [0.5, 0.6) is 0 Å². The number of terminal acetylenes is 1. The molecule has 0 aliphatic carbocycles. The predicted molar refractivity (Wildman–Crippen MR) is 91.3 cm³/mol. The minimum absolute atomic E-state index is 0.0111. The summed E-state index contributed by atoms with van der Waals surface area (Å²) in [6.07, 6.45) is 8.28. The van der Waals surface area contributed by atoms with Crippen molar-refractivity contribution in [1.29, 1.82) is 5.26 Å². The van der Waals surface area contributed by atoms with Gasteiger partial charge in [0.05, 0.1) is 23.1 Å². The highest BCUT2D eigenvalue weighted by molar-refractivity contribution is 7.07. The van der Waals surface area contributed by atoms with E-state index in [1.54, 1.807) is 13.0 Å². The molecule has 0 atom stereocenters. The molecule has 0 unspecified atom stereocenters. The van der Waals surface area contributed by atoms with Crippen molar-refractivity contribution in [2.75, 3.05) is 6.54 Å². The molecule has 0 aromatic carbocycles. The summed E-state index contributed by atoms with van der Waals surface area (Å²) in [6.45, 7) is 3.96. The molecule has 2 aromatic heterocycles. The van der Waals surface area contributed by atoms with Crippen molar-refractivity contribution in [3.63, 3.8) is 0 Å². The van der Waals surface area contributed by atoms with Gasteiger partial charge in [-0.05, 0) is 19.9 Å². The number of nitriles is 1. The van der Waals surface area contributed by atoms with Crippen LogP contribution >= 0.6 is 11.3 Å². The number of hydrogen-bond donors (Lipinski definition) is 2.